The van der Waals surface area contributed by atoms with Gasteiger partial charge in [-0.3, -0.25) is 0 Å². The molecule has 0 fully saturated rings. The maximum Gasteiger partial charge on any atom is 0.338 e. The summed E-state index contributed by atoms with van der Waals surface area (Å²) in [5.41, 5.74) is 0. The molecule has 27 heavy (non-hydrogen) atoms. The Labute approximate surface area is 173 Å². The van der Waals surface area contributed by atoms with Gasteiger partial charge in [0.25, 0.3) is 0 Å². The van der Waals surface area contributed by atoms with Crippen molar-refractivity contribution in [1.29, 1.82) is 0 Å². The van der Waals surface area contributed by atoms with Crippen LogP contribution in [0.2, 0.25) is 12.1 Å². The standard InChI is InChI=1S/C24H52O2Si/c1-5-9-11-13-14-15-16-17-18-19-20-22-24-27(25-7-3,26-8-4)23-21-12-10-6-2/h5-24H2,1-4H3. The molecule has 0 aromatic carbocycles. The van der Waals surface area contributed by atoms with Crippen LogP contribution in [0.5, 0.6) is 0 Å². The molecule has 0 heterocycles. The van der Waals surface area contributed by atoms with Gasteiger partial charge in [-0.15, -0.1) is 0 Å². The van der Waals surface area contributed by atoms with Gasteiger partial charge in [0.1, 0.15) is 0 Å². The summed E-state index contributed by atoms with van der Waals surface area (Å²) < 4.78 is 12.5. The van der Waals surface area contributed by atoms with Crippen LogP contribution in [0.15, 0.2) is 0 Å². The van der Waals surface area contributed by atoms with Gasteiger partial charge in [-0.25, -0.2) is 0 Å². The Morgan fingerprint density at radius 3 is 1.04 bits per heavy atom. The van der Waals surface area contributed by atoms with E-state index >= 15 is 0 Å². The third-order valence-corrected chi connectivity index (χ3v) is 9.50. The lowest BCUT2D eigenvalue weighted by Crippen LogP contribution is -2.42. The van der Waals surface area contributed by atoms with Gasteiger partial charge < -0.3 is 8.85 Å². The molecule has 164 valence electrons. The van der Waals surface area contributed by atoms with Crippen LogP contribution in [0.4, 0.5) is 0 Å². The molecule has 0 saturated carbocycles. The minimum Gasteiger partial charge on any atom is -0.394 e. The van der Waals surface area contributed by atoms with Crippen LogP contribution in [0, 0.1) is 0 Å². The summed E-state index contributed by atoms with van der Waals surface area (Å²) in [4.78, 5) is 0. The Balaban J connectivity index is 3.81. The summed E-state index contributed by atoms with van der Waals surface area (Å²) in [5, 5.41) is 0. The van der Waals surface area contributed by atoms with Crippen LogP contribution < -0.4 is 0 Å². The Bertz CT molecular complexity index is 278. The summed E-state index contributed by atoms with van der Waals surface area (Å²) in [6.45, 7) is 10.5. The maximum atomic E-state index is 6.27. The normalized spacial score (nSPS) is 12.0. The number of hydrogen-bond acceptors (Lipinski definition) is 2. The van der Waals surface area contributed by atoms with Crippen LogP contribution in [0.3, 0.4) is 0 Å². The highest BCUT2D eigenvalue weighted by atomic mass is 28.4. The zero-order valence-corrected chi connectivity index (χ0v) is 20.5. The molecule has 0 saturated heterocycles. The predicted octanol–water partition coefficient (Wildman–Crippen LogP) is 8.78. The molecule has 0 aliphatic carbocycles. The zero-order valence-electron chi connectivity index (χ0n) is 19.5. The first-order valence-electron chi connectivity index (χ1n) is 12.5. The fraction of sp³-hybridized carbons (Fsp3) is 1.00. The van der Waals surface area contributed by atoms with Gasteiger partial charge in [0.15, 0.2) is 0 Å². The van der Waals surface area contributed by atoms with Crippen molar-refractivity contribution in [3.63, 3.8) is 0 Å². The van der Waals surface area contributed by atoms with E-state index in [0.717, 1.165) is 13.2 Å². The zero-order chi connectivity index (χ0) is 20.1. The molecule has 2 nitrogen and oxygen atoms in total. The fourth-order valence-electron chi connectivity index (χ4n) is 4.04. The van der Waals surface area contributed by atoms with E-state index in [-0.39, 0.29) is 0 Å². The number of unbranched alkanes of at least 4 members (excludes halogenated alkanes) is 14. The quantitative estimate of drug-likeness (QED) is 0.133. The molecule has 0 bridgehead atoms. The SMILES string of the molecule is CCCCCCCCCCCCCC[Si](CCCCCC)(OCC)OCC. The first-order valence-corrected chi connectivity index (χ1v) is 14.8. The highest BCUT2D eigenvalue weighted by Crippen LogP contribution is 2.26. The molecule has 0 aliphatic heterocycles. The average molecular weight is 401 g/mol. The third kappa shape index (κ3) is 16.8. The molecule has 0 spiro atoms. The van der Waals surface area contributed by atoms with Crippen molar-refractivity contribution in [2.75, 3.05) is 13.2 Å². The molecule has 0 aliphatic rings. The fourth-order valence-corrected chi connectivity index (χ4v) is 7.58. The van der Waals surface area contributed by atoms with Gasteiger partial charge in [-0.1, -0.05) is 117 Å². The van der Waals surface area contributed by atoms with E-state index in [2.05, 4.69) is 27.7 Å². The van der Waals surface area contributed by atoms with Crippen LogP contribution in [-0.2, 0) is 8.85 Å². The summed E-state index contributed by atoms with van der Waals surface area (Å²) in [6.07, 6.45) is 22.2. The second kappa shape index (κ2) is 20.9. The predicted molar refractivity (Wildman–Crippen MR) is 124 cm³/mol. The topological polar surface area (TPSA) is 18.5 Å². The summed E-state index contributed by atoms with van der Waals surface area (Å²) in [5.74, 6) is 0. The largest absolute Gasteiger partial charge is 0.394 e. The van der Waals surface area contributed by atoms with Crippen molar-refractivity contribution in [1.82, 2.24) is 0 Å². The van der Waals surface area contributed by atoms with E-state index in [1.807, 2.05) is 0 Å². The maximum absolute atomic E-state index is 6.27. The van der Waals surface area contributed by atoms with Crippen molar-refractivity contribution in [3.8, 4) is 0 Å². The second-order valence-corrected chi connectivity index (χ2v) is 11.6. The van der Waals surface area contributed by atoms with Crippen molar-refractivity contribution >= 4 is 8.56 Å². The van der Waals surface area contributed by atoms with Gasteiger partial charge in [-0.05, 0) is 25.9 Å². The molecular weight excluding hydrogens is 348 g/mol. The summed E-state index contributed by atoms with van der Waals surface area (Å²) in [6, 6.07) is 2.41. The highest BCUT2D eigenvalue weighted by Gasteiger charge is 2.35. The molecule has 0 aromatic rings. The van der Waals surface area contributed by atoms with E-state index in [1.54, 1.807) is 0 Å². The monoisotopic (exact) mass is 400 g/mol. The second-order valence-electron chi connectivity index (χ2n) is 8.23. The van der Waals surface area contributed by atoms with E-state index in [1.165, 1.54) is 115 Å². The first kappa shape index (κ1) is 27.1. The highest BCUT2D eigenvalue weighted by molar-refractivity contribution is 6.67. The van der Waals surface area contributed by atoms with Gasteiger partial charge in [0.05, 0.1) is 0 Å². The molecule has 0 radical (unpaired) electrons. The molecule has 0 aromatic heterocycles. The molecule has 0 rings (SSSR count). The van der Waals surface area contributed by atoms with E-state index in [4.69, 9.17) is 8.85 Å². The van der Waals surface area contributed by atoms with Gasteiger partial charge in [0, 0.05) is 13.2 Å². The lowest BCUT2D eigenvalue weighted by atomic mass is 10.1. The van der Waals surface area contributed by atoms with Crippen LogP contribution in [0.25, 0.3) is 0 Å². The first-order chi connectivity index (χ1) is 13.2. The number of rotatable bonds is 22. The van der Waals surface area contributed by atoms with E-state index in [9.17, 15) is 0 Å². The van der Waals surface area contributed by atoms with Crippen molar-refractivity contribution in [2.24, 2.45) is 0 Å². The summed E-state index contributed by atoms with van der Waals surface area (Å²) in [7, 11) is -1.94. The molecule has 0 N–H and O–H groups in total. The van der Waals surface area contributed by atoms with Crippen LogP contribution in [0.1, 0.15) is 130 Å². The lowest BCUT2D eigenvalue weighted by molar-refractivity contribution is 0.180. The molecule has 0 atom stereocenters. The van der Waals surface area contributed by atoms with E-state index < -0.39 is 8.56 Å². The Kier molecular flexibility index (Phi) is 21.0. The van der Waals surface area contributed by atoms with Crippen molar-refractivity contribution < 1.29 is 8.85 Å². The Morgan fingerprint density at radius 1 is 0.407 bits per heavy atom. The Morgan fingerprint density at radius 2 is 0.704 bits per heavy atom. The van der Waals surface area contributed by atoms with E-state index in [0.29, 0.717) is 0 Å². The van der Waals surface area contributed by atoms with Gasteiger partial charge in [-0.2, -0.15) is 0 Å². The molecular formula is C24H52O2Si. The van der Waals surface area contributed by atoms with Crippen LogP contribution >= 0.6 is 0 Å². The summed E-state index contributed by atoms with van der Waals surface area (Å²) >= 11 is 0. The third-order valence-electron chi connectivity index (χ3n) is 5.64. The Hall–Kier alpha value is 0.137. The molecule has 0 unspecified atom stereocenters. The molecule has 3 heteroatoms. The van der Waals surface area contributed by atoms with Crippen molar-refractivity contribution in [3.05, 3.63) is 0 Å². The minimum atomic E-state index is -1.94. The molecule has 0 amide bonds. The smallest absolute Gasteiger partial charge is 0.338 e. The van der Waals surface area contributed by atoms with Gasteiger partial charge >= 0.3 is 8.56 Å². The van der Waals surface area contributed by atoms with Crippen molar-refractivity contribution in [2.45, 2.75) is 143 Å². The number of hydrogen-bond donors (Lipinski definition) is 0. The average Bonchev–Trinajstić information content (AvgIpc) is 2.66. The minimum absolute atomic E-state index is 0.818. The lowest BCUT2D eigenvalue weighted by Gasteiger charge is -2.30. The van der Waals surface area contributed by atoms with Crippen LogP contribution in [-0.4, -0.2) is 21.8 Å². The van der Waals surface area contributed by atoms with Gasteiger partial charge in [0.2, 0.25) is 0 Å².